The van der Waals surface area contributed by atoms with Crippen molar-refractivity contribution < 1.29 is 13.5 Å². The van der Waals surface area contributed by atoms with Crippen molar-refractivity contribution >= 4 is 0 Å². The minimum Gasteiger partial charge on any atom is -0.483 e. The Morgan fingerprint density at radius 1 is 1.10 bits per heavy atom. The van der Waals surface area contributed by atoms with Gasteiger partial charge in [-0.1, -0.05) is 17.3 Å². The molecule has 1 aliphatic heterocycles. The van der Waals surface area contributed by atoms with Gasteiger partial charge < -0.3 is 4.74 Å². The number of rotatable bonds is 3. The monoisotopic (exact) mass is 407 g/mol. The standard InChI is InChI=1S/C22H19F2N5O/c1-13-22-17-5-3-14(15-11-25-28(2)12-15)9-18(17)20(7-8-29(22)27-26-13)30-21-6-4-16(23)10-19(21)24/h3-6,9-12,20H,7-8H2,1-2H3. The molecule has 1 aliphatic rings. The Balaban J connectivity index is 1.63. The molecule has 2 aromatic heterocycles. The van der Waals surface area contributed by atoms with Gasteiger partial charge in [-0.15, -0.1) is 5.10 Å². The number of aromatic nitrogens is 5. The van der Waals surface area contributed by atoms with Crippen LogP contribution in [0.2, 0.25) is 0 Å². The Labute approximate surface area is 171 Å². The topological polar surface area (TPSA) is 57.8 Å². The molecule has 5 rings (SSSR count). The van der Waals surface area contributed by atoms with Crippen LogP contribution in [0, 0.1) is 18.6 Å². The van der Waals surface area contributed by atoms with E-state index in [-0.39, 0.29) is 5.75 Å². The van der Waals surface area contributed by atoms with Crippen LogP contribution in [0.1, 0.15) is 23.8 Å². The van der Waals surface area contributed by atoms with E-state index in [9.17, 15) is 8.78 Å². The summed E-state index contributed by atoms with van der Waals surface area (Å²) >= 11 is 0. The molecule has 152 valence electrons. The molecule has 8 heteroatoms. The molecule has 0 amide bonds. The first-order valence-electron chi connectivity index (χ1n) is 9.65. The van der Waals surface area contributed by atoms with E-state index in [1.54, 1.807) is 10.9 Å². The van der Waals surface area contributed by atoms with Crippen LogP contribution in [0.15, 0.2) is 48.8 Å². The second kappa shape index (κ2) is 7.05. The molecule has 0 radical (unpaired) electrons. The maximum absolute atomic E-state index is 14.3. The average Bonchev–Trinajstić information content (AvgIpc) is 3.28. The average molecular weight is 407 g/mol. The summed E-state index contributed by atoms with van der Waals surface area (Å²) in [6.45, 7) is 2.49. The van der Waals surface area contributed by atoms with Gasteiger partial charge in [0, 0.05) is 49.0 Å². The summed E-state index contributed by atoms with van der Waals surface area (Å²) in [5.41, 5.74) is 5.54. The van der Waals surface area contributed by atoms with Gasteiger partial charge in [-0.05, 0) is 30.7 Å². The first-order valence-corrected chi connectivity index (χ1v) is 9.65. The Morgan fingerprint density at radius 2 is 1.97 bits per heavy atom. The van der Waals surface area contributed by atoms with Crippen molar-refractivity contribution in [3.8, 4) is 28.1 Å². The molecule has 0 spiro atoms. The van der Waals surface area contributed by atoms with Gasteiger partial charge in [0.15, 0.2) is 11.6 Å². The number of hydrogen-bond donors (Lipinski definition) is 0. The van der Waals surface area contributed by atoms with E-state index >= 15 is 0 Å². The summed E-state index contributed by atoms with van der Waals surface area (Å²) in [6, 6.07) is 9.43. The molecular weight excluding hydrogens is 388 g/mol. The van der Waals surface area contributed by atoms with Gasteiger partial charge >= 0.3 is 0 Å². The van der Waals surface area contributed by atoms with Crippen LogP contribution in [0.5, 0.6) is 5.75 Å². The molecule has 0 fully saturated rings. The SMILES string of the molecule is Cc1nnn2c1-c1ccc(-c3cnn(C)c3)cc1C(Oc1ccc(F)cc1F)CC2. The lowest BCUT2D eigenvalue weighted by atomic mass is 9.94. The van der Waals surface area contributed by atoms with Crippen LogP contribution in [-0.4, -0.2) is 24.8 Å². The fourth-order valence-electron chi connectivity index (χ4n) is 3.93. The summed E-state index contributed by atoms with van der Waals surface area (Å²) in [4.78, 5) is 0. The van der Waals surface area contributed by atoms with Gasteiger partial charge in [0.1, 0.15) is 11.9 Å². The quantitative estimate of drug-likeness (QED) is 0.503. The summed E-state index contributed by atoms with van der Waals surface area (Å²) in [5, 5.41) is 12.7. The lowest BCUT2D eigenvalue weighted by Crippen LogP contribution is -2.11. The molecule has 1 atom stereocenters. The predicted octanol–water partition coefficient (Wildman–Crippen LogP) is 4.46. The lowest BCUT2D eigenvalue weighted by molar-refractivity contribution is 0.180. The summed E-state index contributed by atoms with van der Waals surface area (Å²) in [5.74, 6) is -1.34. The van der Waals surface area contributed by atoms with E-state index in [1.807, 2.05) is 43.0 Å². The fourth-order valence-corrected chi connectivity index (χ4v) is 3.93. The van der Waals surface area contributed by atoms with E-state index in [2.05, 4.69) is 15.4 Å². The number of nitrogens with zero attached hydrogens (tertiary/aromatic N) is 5. The maximum atomic E-state index is 14.3. The zero-order valence-electron chi connectivity index (χ0n) is 16.5. The number of benzene rings is 2. The molecule has 30 heavy (non-hydrogen) atoms. The summed E-state index contributed by atoms with van der Waals surface area (Å²) in [6.07, 6.45) is 3.87. The van der Waals surface area contributed by atoms with E-state index in [0.29, 0.717) is 13.0 Å². The number of aryl methyl sites for hydroxylation is 3. The first kappa shape index (κ1) is 18.5. The first-order chi connectivity index (χ1) is 14.5. The van der Waals surface area contributed by atoms with Crippen molar-refractivity contribution in [1.82, 2.24) is 24.8 Å². The van der Waals surface area contributed by atoms with Crippen LogP contribution in [-0.2, 0) is 13.6 Å². The Kier molecular flexibility index (Phi) is 4.34. The predicted molar refractivity (Wildman–Crippen MR) is 107 cm³/mol. The Morgan fingerprint density at radius 3 is 2.73 bits per heavy atom. The van der Waals surface area contributed by atoms with Crippen molar-refractivity contribution in [3.63, 3.8) is 0 Å². The van der Waals surface area contributed by atoms with Crippen molar-refractivity contribution in [1.29, 1.82) is 0 Å². The van der Waals surface area contributed by atoms with Crippen molar-refractivity contribution in [3.05, 3.63) is 71.7 Å². The number of hydrogen-bond acceptors (Lipinski definition) is 4. The Bertz CT molecular complexity index is 1250. The molecule has 0 bridgehead atoms. The largest absolute Gasteiger partial charge is 0.483 e. The highest BCUT2D eigenvalue weighted by Crippen LogP contribution is 2.40. The second-order valence-corrected chi connectivity index (χ2v) is 7.42. The molecule has 3 heterocycles. The highest BCUT2D eigenvalue weighted by atomic mass is 19.1. The maximum Gasteiger partial charge on any atom is 0.168 e. The van der Waals surface area contributed by atoms with Gasteiger partial charge in [0.05, 0.1) is 17.6 Å². The molecular formula is C22H19F2N5O. The van der Waals surface area contributed by atoms with Gasteiger partial charge in [0.2, 0.25) is 0 Å². The van der Waals surface area contributed by atoms with E-state index in [0.717, 1.165) is 39.7 Å². The highest BCUT2D eigenvalue weighted by Gasteiger charge is 2.27. The van der Waals surface area contributed by atoms with Crippen molar-refractivity contribution in [2.45, 2.75) is 26.0 Å². The minimum atomic E-state index is -0.722. The number of fused-ring (bicyclic) bond motifs is 3. The third-order valence-electron chi connectivity index (χ3n) is 5.36. The minimum absolute atomic E-state index is 0.0218. The van der Waals surface area contributed by atoms with Crippen molar-refractivity contribution in [2.75, 3.05) is 0 Å². The zero-order valence-corrected chi connectivity index (χ0v) is 16.5. The van der Waals surface area contributed by atoms with Crippen molar-refractivity contribution in [2.24, 2.45) is 7.05 Å². The number of ether oxygens (including phenoxy) is 1. The molecule has 0 N–H and O–H groups in total. The van der Waals surface area contributed by atoms with Crippen LogP contribution >= 0.6 is 0 Å². The van der Waals surface area contributed by atoms with Crippen LogP contribution in [0.4, 0.5) is 8.78 Å². The normalized spacial score (nSPS) is 15.4. The van der Waals surface area contributed by atoms with Crippen LogP contribution < -0.4 is 4.74 Å². The molecule has 1 unspecified atom stereocenters. The highest BCUT2D eigenvalue weighted by molar-refractivity contribution is 5.73. The van der Waals surface area contributed by atoms with Gasteiger partial charge in [-0.3, -0.25) is 4.68 Å². The molecule has 6 nitrogen and oxygen atoms in total. The molecule has 0 saturated heterocycles. The molecule has 0 saturated carbocycles. The molecule has 2 aromatic carbocycles. The fraction of sp³-hybridized carbons (Fsp3) is 0.227. The third kappa shape index (κ3) is 3.14. The van der Waals surface area contributed by atoms with Gasteiger partial charge in [-0.25, -0.2) is 13.5 Å². The molecule has 0 aliphatic carbocycles. The van der Waals surface area contributed by atoms with Gasteiger partial charge in [0.25, 0.3) is 0 Å². The van der Waals surface area contributed by atoms with Gasteiger partial charge in [-0.2, -0.15) is 5.10 Å². The lowest BCUT2D eigenvalue weighted by Gasteiger charge is -2.21. The zero-order chi connectivity index (χ0) is 20.8. The summed E-state index contributed by atoms with van der Waals surface area (Å²) < 4.78 is 37.3. The molecule has 4 aromatic rings. The Hall–Kier alpha value is -3.55. The second-order valence-electron chi connectivity index (χ2n) is 7.42. The van der Waals surface area contributed by atoms with E-state index < -0.39 is 17.7 Å². The number of halogens is 2. The van der Waals surface area contributed by atoms with E-state index in [4.69, 9.17) is 4.74 Å². The van der Waals surface area contributed by atoms with E-state index in [1.165, 1.54) is 12.1 Å². The van der Waals surface area contributed by atoms with Crippen LogP contribution in [0.25, 0.3) is 22.4 Å². The van der Waals surface area contributed by atoms with Crippen LogP contribution in [0.3, 0.4) is 0 Å². The third-order valence-corrected chi connectivity index (χ3v) is 5.36. The summed E-state index contributed by atoms with van der Waals surface area (Å²) in [7, 11) is 1.86. The smallest absolute Gasteiger partial charge is 0.168 e.